The average Bonchev–Trinajstić information content (AvgIpc) is 3.15. The summed E-state index contributed by atoms with van der Waals surface area (Å²) in [5.74, 6) is 2.10. The molecule has 0 radical (unpaired) electrons. The number of hydrogen-bond donors (Lipinski definition) is 1. The van der Waals surface area contributed by atoms with Crippen molar-refractivity contribution >= 4 is 11.5 Å². The fraction of sp³-hybridized carbons (Fsp3) is 0.650. The topological polar surface area (TPSA) is 27.6 Å². The molecule has 1 heterocycles. The molecule has 0 amide bonds. The summed E-state index contributed by atoms with van der Waals surface area (Å²) in [7, 11) is 0. The molecule has 1 saturated carbocycles. The van der Waals surface area contributed by atoms with Crippen molar-refractivity contribution in [2.75, 3.05) is 4.90 Å². The van der Waals surface area contributed by atoms with Crippen molar-refractivity contribution in [1.82, 2.24) is 5.43 Å². The minimum atomic E-state index is -4.39. The molecule has 26 heavy (non-hydrogen) atoms. The molecule has 0 saturated heterocycles. The number of rotatable bonds is 4. The lowest BCUT2D eigenvalue weighted by molar-refractivity contribution is -0.137. The molecule has 1 aliphatic carbocycles. The monoisotopic (exact) mass is 367 g/mol. The van der Waals surface area contributed by atoms with Gasteiger partial charge in [-0.05, 0) is 56.2 Å². The number of amidine groups is 1. The van der Waals surface area contributed by atoms with E-state index in [4.69, 9.17) is 0 Å². The molecule has 1 fully saturated rings. The molecule has 2 aliphatic rings. The van der Waals surface area contributed by atoms with Gasteiger partial charge in [0.25, 0.3) is 0 Å². The Labute approximate surface area is 153 Å². The minimum Gasteiger partial charge on any atom is -0.306 e. The predicted molar refractivity (Wildman–Crippen MR) is 99.0 cm³/mol. The largest absolute Gasteiger partial charge is 0.418 e. The molecule has 3 nitrogen and oxygen atoms in total. The molecular weight excluding hydrogens is 339 g/mol. The van der Waals surface area contributed by atoms with Gasteiger partial charge in [-0.1, -0.05) is 32.8 Å². The Balaban J connectivity index is 2.02. The third kappa shape index (κ3) is 3.30. The fourth-order valence-electron chi connectivity index (χ4n) is 4.74. The van der Waals surface area contributed by atoms with E-state index in [0.29, 0.717) is 11.8 Å². The van der Waals surface area contributed by atoms with Crippen molar-refractivity contribution in [2.45, 2.75) is 65.7 Å². The molecule has 144 valence electrons. The number of hydrogen-bond acceptors (Lipinski definition) is 3. The standard InChI is InChI=1S/C20H28F3N3/c1-5-14-8-9-16(15(14)6-2)19-25-24-13(4)26(19)18-11-12(3)7-10-17(18)20(21,22)23/h7,10-11,13-16,24H,5-6,8-9H2,1-4H3. The van der Waals surface area contributed by atoms with E-state index in [1.165, 1.54) is 12.1 Å². The molecule has 1 aromatic carbocycles. The van der Waals surface area contributed by atoms with Crippen molar-refractivity contribution in [3.05, 3.63) is 29.3 Å². The Kier molecular flexibility index (Phi) is 5.22. The van der Waals surface area contributed by atoms with Crippen LogP contribution in [0.4, 0.5) is 18.9 Å². The van der Waals surface area contributed by atoms with Gasteiger partial charge in [0.1, 0.15) is 12.0 Å². The SMILES string of the molecule is CCC1CCC(C2=NNC(C)N2c2cc(C)ccc2C(F)(F)F)C1CC. The minimum absolute atomic E-state index is 0.212. The van der Waals surface area contributed by atoms with E-state index in [1.807, 2.05) is 13.8 Å². The van der Waals surface area contributed by atoms with Crippen LogP contribution in [0.15, 0.2) is 23.3 Å². The Morgan fingerprint density at radius 2 is 1.92 bits per heavy atom. The van der Waals surface area contributed by atoms with Crippen LogP contribution in [0.25, 0.3) is 0 Å². The van der Waals surface area contributed by atoms with E-state index in [2.05, 4.69) is 24.4 Å². The van der Waals surface area contributed by atoms with E-state index < -0.39 is 11.7 Å². The number of halogens is 3. The molecule has 4 unspecified atom stereocenters. The molecule has 0 spiro atoms. The Morgan fingerprint density at radius 3 is 2.54 bits per heavy atom. The molecule has 1 N–H and O–H groups in total. The van der Waals surface area contributed by atoms with Crippen LogP contribution in [0.3, 0.4) is 0 Å². The smallest absolute Gasteiger partial charge is 0.306 e. The van der Waals surface area contributed by atoms with Crippen LogP contribution in [0.5, 0.6) is 0 Å². The second-order valence-corrected chi connectivity index (χ2v) is 7.59. The van der Waals surface area contributed by atoms with Gasteiger partial charge in [-0.15, -0.1) is 0 Å². The van der Waals surface area contributed by atoms with E-state index in [1.54, 1.807) is 11.0 Å². The Bertz CT molecular complexity index is 683. The summed E-state index contributed by atoms with van der Waals surface area (Å²) in [6.45, 7) is 8.07. The first kappa shape index (κ1) is 19.1. The molecule has 0 bridgehead atoms. The van der Waals surface area contributed by atoms with Gasteiger partial charge in [-0.25, -0.2) is 0 Å². The summed E-state index contributed by atoms with van der Waals surface area (Å²) in [6, 6.07) is 4.35. The summed E-state index contributed by atoms with van der Waals surface area (Å²) in [4.78, 5) is 1.78. The van der Waals surface area contributed by atoms with Gasteiger partial charge < -0.3 is 4.90 Å². The van der Waals surface area contributed by atoms with Crippen molar-refractivity contribution in [1.29, 1.82) is 0 Å². The predicted octanol–water partition coefficient (Wildman–Crippen LogP) is 5.55. The van der Waals surface area contributed by atoms with E-state index in [-0.39, 0.29) is 17.8 Å². The van der Waals surface area contributed by atoms with Gasteiger partial charge in [0.15, 0.2) is 0 Å². The molecule has 4 atom stereocenters. The highest BCUT2D eigenvalue weighted by atomic mass is 19.4. The van der Waals surface area contributed by atoms with Crippen LogP contribution < -0.4 is 10.3 Å². The van der Waals surface area contributed by atoms with Gasteiger partial charge in [-0.3, -0.25) is 5.43 Å². The number of hydrazone groups is 1. The van der Waals surface area contributed by atoms with E-state index >= 15 is 0 Å². The van der Waals surface area contributed by atoms with E-state index in [0.717, 1.165) is 37.1 Å². The molecule has 3 rings (SSSR count). The zero-order chi connectivity index (χ0) is 19.1. The van der Waals surface area contributed by atoms with Crippen LogP contribution in [-0.2, 0) is 6.18 Å². The fourth-order valence-corrected chi connectivity index (χ4v) is 4.74. The first-order valence-electron chi connectivity index (χ1n) is 9.58. The molecule has 1 aromatic rings. The first-order chi connectivity index (χ1) is 12.3. The molecule has 0 aromatic heterocycles. The number of nitrogens with one attached hydrogen (secondary N) is 1. The highest BCUT2D eigenvalue weighted by Crippen LogP contribution is 2.45. The summed E-state index contributed by atoms with van der Waals surface area (Å²) in [5, 5.41) is 4.50. The number of nitrogens with zero attached hydrogens (tertiary/aromatic N) is 2. The van der Waals surface area contributed by atoms with Crippen LogP contribution in [-0.4, -0.2) is 12.0 Å². The first-order valence-corrected chi connectivity index (χ1v) is 9.58. The number of aryl methyl sites for hydroxylation is 1. The molecule has 1 aliphatic heterocycles. The third-order valence-electron chi connectivity index (χ3n) is 6.02. The van der Waals surface area contributed by atoms with Gasteiger partial charge in [0.2, 0.25) is 0 Å². The third-order valence-corrected chi connectivity index (χ3v) is 6.02. The summed E-state index contributed by atoms with van der Waals surface area (Å²) in [5.41, 5.74) is 3.45. The highest BCUT2D eigenvalue weighted by Gasteiger charge is 2.44. The average molecular weight is 367 g/mol. The van der Waals surface area contributed by atoms with Crippen molar-refractivity contribution in [3.63, 3.8) is 0 Å². The van der Waals surface area contributed by atoms with E-state index in [9.17, 15) is 13.2 Å². The van der Waals surface area contributed by atoms with Gasteiger partial charge in [0, 0.05) is 5.92 Å². The maximum Gasteiger partial charge on any atom is 0.418 e. The second kappa shape index (κ2) is 7.12. The summed E-state index contributed by atoms with van der Waals surface area (Å²) >= 11 is 0. The summed E-state index contributed by atoms with van der Waals surface area (Å²) in [6.07, 6.45) is -0.406. The quantitative estimate of drug-likeness (QED) is 0.756. The lowest BCUT2D eigenvalue weighted by atomic mass is 9.84. The van der Waals surface area contributed by atoms with Crippen LogP contribution in [0, 0.1) is 24.7 Å². The summed E-state index contributed by atoms with van der Waals surface area (Å²) < 4.78 is 40.9. The number of benzene rings is 1. The number of alkyl halides is 3. The van der Waals surface area contributed by atoms with Crippen LogP contribution >= 0.6 is 0 Å². The van der Waals surface area contributed by atoms with Crippen molar-refractivity contribution in [2.24, 2.45) is 22.9 Å². The normalized spacial score (nSPS) is 29.0. The molecule has 6 heteroatoms. The van der Waals surface area contributed by atoms with Gasteiger partial charge in [-0.2, -0.15) is 18.3 Å². The maximum absolute atomic E-state index is 13.6. The van der Waals surface area contributed by atoms with Gasteiger partial charge >= 0.3 is 6.18 Å². The second-order valence-electron chi connectivity index (χ2n) is 7.59. The zero-order valence-electron chi connectivity index (χ0n) is 15.9. The van der Waals surface area contributed by atoms with Gasteiger partial charge in [0.05, 0.1) is 11.3 Å². The lowest BCUT2D eigenvalue weighted by Crippen LogP contribution is -2.43. The lowest BCUT2D eigenvalue weighted by Gasteiger charge is -2.32. The maximum atomic E-state index is 13.6. The Morgan fingerprint density at radius 1 is 1.19 bits per heavy atom. The van der Waals surface area contributed by atoms with Crippen LogP contribution in [0.2, 0.25) is 0 Å². The highest BCUT2D eigenvalue weighted by molar-refractivity contribution is 6.02. The zero-order valence-corrected chi connectivity index (χ0v) is 15.9. The van der Waals surface area contributed by atoms with Crippen molar-refractivity contribution in [3.8, 4) is 0 Å². The number of anilines is 1. The molecular formula is C20H28F3N3. The van der Waals surface area contributed by atoms with Crippen molar-refractivity contribution < 1.29 is 13.2 Å². The Hall–Kier alpha value is -1.72. The van der Waals surface area contributed by atoms with Crippen LogP contribution in [0.1, 0.15) is 57.6 Å².